The van der Waals surface area contributed by atoms with Crippen molar-refractivity contribution in [1.82, 2.24) is 15.5 Å². The second kappa shape index (κ2) is 8.86. The van der Waals surface area contributed by atoms with E-state index in [0.717, 1.165) is 17.1 Å². The Morgan fingerprint density at radius 3 is 2.57 bits per heavy atom. The number of aliphatic carboxylic acids is 1. The third-order valence-corrected chi connectivity index (χ3v) is 3.20. The molecule has 0 aromatic carbocycles. The third kappa shape index (κ3) is 5.35. The number of amides is 2. The highest BCUT2D eigenvalue weighted by molar-refractivity contribution is 5.95. The molecule has 2 amide bonds. The number of carbonyl (C=O) groups excluding carboxylic acids is 2. The van der Waals surface area contributed by atoms with Crippen LogP contribution in [0.15, 0.2) is 36.7 Å². The van der Waals surface area contributed by atoms with E-state index in [1.165, 1.54) is 6.92 Å². The average Bonchev–Trinajstić information content (AvgIpc) is 2.57. The molecule has 1 heterocycles. The van der Waals surface area contributed by atoms with Gasteiger partial charge in [0.05, 0.1) is 24.8 Å². The Morgan fingerprint density at radius 2 is 2.09 bits per heavy atom. The molecule has 1 saturated heterocycles. The van der Waals surface area contributed by atoms with Crippen molar-refractivity contribution in [3.05, 3.63) is 36.7 Å². The van der Waals surface area contributed by atoms with Gasteiger partial charge in [-0.25, -0.2) is 4.79 Å². The number of nitrogens with one attached hydrogen (secondary N) is 2. The van der Waals surface area contributed by atoms with Crippen LogP contribution >= 0.6 is 0 Å². The topological polar surface area (TPSA) is 108 Å². The second-order valence-corrected chi connectivity index (χ2v) is 4.82. The zero-order chi connectivity index (χ0) is 17.4. The van der Waals surface area contributed by atoms with Gasteiger partial charge >= 0.3 is 5.97 Å². The largest absolute Gasteiger partial charge is 0.478 e. The van der Waals surface area contributed by atoms with Crippen LogP contribution in [0.5, 0.6) is 0 Å². The smallest absolute Gasteiger partial charge is 0.334 e. The van der Waals surface area contributed by atoms with E-state index in [0.29, 0.717) is 19.7 Å². The lowest BCUT2D eigenvalue weighted by molar-refractivity contribution is -0.132. The van der Waals surface area contributed by atoms with Crippen LogP contribution in [-0.4, -0.2) is 60.1 Å². The summed E-state index contributed by atoms with van der Waals surface area (Å²) in [6, 6.07) is 0. The molecular weight excluding hydrogens is 302 g/mol. The van der Waals surface area contributed by atoms with Crippen LogP contribution in [0.25, 0.3) is 0 Å². The predicted octanol–water partition coefficient (Wildman–Crippen LogP) is -0.392. The second-order valence-electron chi connectivity index (χ2n) is 4.82. The lowest BCUT2D eigenvalue weighted by Crippen LogP contribution is -2.49. The Bertz CT molecular complexity index is 535. The highest BCUT2D eigenvalue weighted by atomic mass is 16.5. The minimum Gasteiger partial charge on any atom is -0.478 e. The van der Waals surface area contributed by atoms with Crippen molar-refractivity contribution in [3.63, 3.8) is 0 Å². The fourth-order valence-corrected chi connectivity index (χ4v) is 1.97. The van der Waals surface area contributed by atoms with Crippen molar-refractivity contribution in [2.75, 3.05) is 26.2 Å². The quantitative estimate of drug-likeness (QED) is 0.551. The van der Waals surface area contributed by atoms with Crippen LogP contribution in [0.2, 0.25) is 0 Å². The van der Waals surface area contributed by atoms with Gasteiger partial charge in [-0.15, -0.1) is 0 Å². The first-order chi connectivity index (χ1) is 10.9. The van der Waals surface area contributed by atoms with Gasteiger partial charge in [0.1, 0.15) is 5.82 Å². The van der Waals surface area contributed by atoms with Gasteiger partial charge < -0.3 is 20.5 Å². The molecule has 0 radical (unpaired) electrons. The number of hydrogen-bond donors (Lipinski definition) is 3. The Balaban J connectivity index is 3.14. The normalized spacial score (nSPS) is 18.4. The van der Waals surface area contributed by atoms with Gasteiger partial charge in [-0.3, -0.25) is 14.5 Å². The molecule has 126 valence electrons. The SMILES string of the molecule is C=CC(=O)NC(=C(C)C(=O)O)N(CC1CNCCO1)C(=O)C=C. The average molecular weight is 323 g/mol. The molecule has 1 rings (SSSR count). The van der Waals surface area contributed by atoms with E-state index in [-0.39, 0.29) is 24.0 Å². The van der Waals surface area contributed by atoms with Gasteiger partial charge in [0.25, 0.3) is 5.91 Å². The molecule has 8 heteroatoms. The van der Waals surface area contributed by atoms with E-state index >= 15 is 0 Å². The number of carboxylic acids is 1. The number of hydrogen-bond acceptors (Lipinski definition) is 5. The Labute approximate surface area is 134 Å². The molecule has 23 heavy (non-hydrogen) atoms. The molecule has 1 atom stereocenters. The van der Waals surface area contributed by atoms with Crippen molar-refractivity contribution in [2.45, 2.75) is 13.0 Å². The number of nitrogens with zero attached hydrogens (tertiary/aromatic N) is 1. The molecular formula is C15H21N3O5. The predicted molar refractivity (Wildman–Crippen MR) is 83.2 cm³/mol. The van der Waals surface area contributed by atoms with Crippen LogP contribution in [-0.2, 0) is 19.1 Å². The van der Waals surface area contributed by atoms with Gasteiger partial charge in [0, 0.05) is 13.1 Å². The van der Waals surface area contributed by atoms with Gasteiger partial charge in [-0.05, 0) is 19.1 Å². The van der Waals surface area contributed by atoms with Crippen LogP contribution in [0, 0.1) is 0 Å². The molecule has 0 saturated carbocycles. The van der Waals surface area contributed by atoms with E-state index < -0.39 is 17.8 Å². The van der Waals surface area contributed by atoms with Gasteiger partial charge in [-0.2, -0.15) is 0 Å². The molecule has 1 aliphatic rings. The zero-order valence-electron chi connectivity index (χ0n) is 13.0. The number of morpholine rings is 1. The monoisotopic (exact) mass is 323 g/mol. The van der Waals surface area contributed by atoms with Crippen LogP contribution < -0.4 is 10.6 Å². The summed E-state index contributed by atoms with van der Waals surface area (Å²) in [7, 11) is 0. The minimum atomic E-state index is -1.26. The summed E-state index contributed by atoms with van der Waals surface area (Å²) >= 11 is 0. The summed E-state index contributed by atoms with van der Waals surface area (Å²) in [5.74, 6) is -2.54. The first-order valence-corrected chi connectivity index (χ1v) is 7.04. The Morgan fingerprint density at radius 1 is 1.39 bits per heavy atom. The fourth-order valence-electron chi connectivity index (χ4n) is 1.97. The van der Waals surface area contributed by atoms with Crippen molar-refractivity contribution < 1.29 is 24.2 Å². The highest BCUT2D eigenvalue weighted by Crippen LogP contribution is 2.12. The first kappa shape index (κ1) is 18.6. The maximum absolute atomic E-state index is 12.2. The molecule has 0 aromatic rings. The van der Waals surface area contributed by atoms with Crippen LogP contribution in [0.1, 0.15) is 6.92 Å². The zero-order valence-corrected chi connectivity index (χ0v) is 13.0. The summed E-state index contributed by atoms with van der Waals surface area (Å²) in [4.78, 5) is 36.2. The number of carboxylic acid groups (broad SMARTS) is 1. The number of carbonyl (C=O) groups is 3. The highest BCUT2D eigenvalue weighted by Gasteiger charge is 2.26. The molecule has 1 fully saturated rings. The summed E-state index contributed by atoms with van der Waals surface area (Å²) in [6.07, 6.45) is 1.71. The maximum atomic E-state index is 12.2. The van der Waals surface area contributed by atoms with Gasteiger partial charge in [-0.1, -0.05) is 13.2 Å². The lowest BCUT2D eigenvalue weighted by atomic mass is 10.2. The van der Waals surface area contributed by atoms with Gasteiger partial charge in [0.2, 0.25) is 5.91 Å². The maximum Gasteiger partial charge on any atom is 0.334 e. The minimum absolute atomic E-state index is 0.0786. The lowest BCUT2D eigenvalue weighted by Gasteiger charge is -2.31. The third-order valence-electron chi connectivity index (χ3n) is 3.20. The van der Waals surface area contributed by atoms with Crippen LogP contribution in [0.3, 0.4) is 0 Å². The molecule has 1 unspecified atom stereocenters. The molecule has 0 bridgehead atoms. The summed E-state index contributed by atoms with van der Waals surface area (Å²) in [5, 5.41) is 14.7. The van der Waals surface area contributed by atoms with Gasteiger partial charge in [0.15, 0.2) is 0 Å². The van der Waals surface area contributed by atoms with Crippen LogP contribution in [0.4, 0.5) is 0 Å². The summed E-state index contributed by atoms with van der Waals surface area (Å²) in [5.41, 5.74) is -0.181. The molecule has 0 aromatic heterocycles. The Kier molecular flexibility index (Phi) is 7.17. The summed E-state index contributed by atoms with van der Waals surface area (Å²) in [6.45, 7) is 9.80. The van der Waals surface area contributed by atoms with E-state index in [1.807, 2.05) is 0 Å². The fraction of sp³-hybridized carbons (Fsp3) is 0.400. The molecule has 8 nitrogen and oxygen atoms in total. The van der Waals surface area contributed by atoms with Crippen molar-refractivity contribution in [1.29, 1.82) is 0 Å². The van der Waals surface area contributed by atoms with Crippen molar-refractivity contribution >= 4 is 17.8 Å². The first-order valence-electron chi connectivity index (χ1n) is 7.04. The Hall–Kier alpha value is -2.45. The van der Waals surface area contributed by atoms with Crippen molar-refractivity contribution in [3.8, 4) is 0 Å². The van der Waals surface area contributed by atoms with Crippen molar-refractivity contribution in [2.24, 2.45) is 0 Å². The van der Waals surface area contributed by atoms with E-state index in [1.54, 1.807) is 0 Å². The van der Waals surface area contributed by atoms with E-state index in [2.05, 4.69) is 23.8 Å². The number of rotatable bonds is 7. The molecule has 3 N–H and O–H groups in total. The number of ether oxygens (including phenoxy) is 1. The molecule has 0 spiro atoms. The summed E-state index contributed by atoms with van der Waals surface area (Å²) < 4.78 is 5.53. The standard InChI is InChI=1S/C15H21N3O5/c1-4-12(19)17-14(10(3)15(21)22)18(13(20)5-2)9-11-8-16-6-7-23-11/h4-5,11,16H,1-2,6-9H2,3H3,(H,17,19)(H,21,22). The van der Waals surface area contributed by atoms with E-state index in [9.17, 15) is 19.5 Å². The van der Waals surface area contributed by atoms with E-state index in [4.69, 9.17) is 4.74 Å². The molecule has 1 aliphatic heterocycles. The molecule has 0 aliphatic carbocycles.